The van der Waals surface area contributed by atoms with Crippen LogP contribution >= 0.6 is 31.9 Å². The molecule has 0 bridgehead atoms. The zero-order valence-electron chi connectivity index (χ0n) is 17.9. The highest BCUT2D eigenvalue weighted by Crippen LogP contribution is 2.29. The van der Waals surface area contributed by atoms with Crippen LogP contribution < -0.4 is 5.32 Å². The molecule has 1 aromatic heterocycles. The number of rotatable bonds is 5. The standard InChI is InChI=1S/C25H22Br2N4O/c1-15(2)20-14-19(27)12-13-21(20)28-25(32)23-29-24(17-8-10-18(26)11-9-17)31(30-23)22-7-5-4-6-16(22)3/h4-15H,1-3H3,(H,28,32). The van der Waals surface area contributed by atoms with Gasteiger partial charge < -0.3 is 5.32 Å². The number of anilines is 1. The predicted molar refractivity (Wildman–Crippen MR) is 135 cm³/mol. The molecule has 162 valence electrons. The lowest BCUT2D eigenvalue weighted by molar-refractivity contribution is 0.101. The first-order chi connectivity index (χ1) is 15.3. The van der Waals surface area contributed by atoms with E-state index in [2.05, 4.69) is 61.1 Å². The summed E-state index contributed by atoms with van der Waals surface area (Å²) >= 11 is 6.98. The highest BCUT2D eigenvalue weighted by Gasteiger charge is 2.21. The Morgan fingerprint density at radius 1 is 0.969 bits per heavy atom. The molecule has 0 spiro atoms. The molecule has 0 unspecified atom stereocenters. The van der Waals surface area contributed by atoms with E-state index in [9.17, 15) is 4.79 Å². The summed E-state index contributed by atoms with van der Waals surface area (Å²) in [6.07, 6.45) is 0. The van der Waals surface area contributed by atoms with Gasteiger partial charge in [-0.1, -0.05) is 76.0 Å². The van der Waals surface area contributed by atoms with E-state index in [1.165, 1.54) is 0 Å². The quantitative estimate of drug-likeness (QED) is 0.285. The molecule has 0 aliphatic heterocycles. The minimum atomic E-state index is -0.347. The van der Waals surface area contributed by atoms with Crippen LogP contribution in [0.2, 0.25) is 0 Å². The molecule has 4 aromatic rings. The van der Waals surface area contributed by atoms with Crippen molar-refractivity contribution in [3.8, 4) is 17.1 Å². The Hall–Kier alpha value is -2.77. The Kier molecular flexibility index (Phi) is 6.58. The van der Waals surface area contributed by atoms with Crippen LogP contribution in [0, 0.1) is 6.92 Å². The van der Waals surface area contributed by atoms with E-state index in [-0.39, 0.29) is 17.6 Å². The van der Waals surface area contributed by atoms with E-state index >= 15 is 0 Å². The largest absolute Gasteiger partial charge is 0.319 e. The van der Waals surface area contributed by atoms with Gasteiger partial charge in [0.1, 0.15) is 0 Å². The number of carbonyl (C=O) groups excluding carboxylic acids is 1. The van der Waals surface area contributed by atoms with Crippen molar-refractivity contribution in [3.05, 3.63) is 92.6 Å². The number of halogens is 2. The second kappa shape index (κ2) is 9.38. The third-order valence-electron chi connectivity index (χ3n) is 5.14. The number of amides is 1. The minimum absolute atomic E-state index is 0.115. The molecule has 1 amide bonds. The van der Waals surface area contributed by atoms with Crippen LogP contribution in [0.5, 0.6) is 0 Å². The van der Waals surface area contributed by atoms with E-state index < -0.39 is 0 Å². The first-order valence-corrected chi connectivity index (χ1v) is 11.8. The molecule has 5 nitrogen and oxygen atoms in total. The molecule has 0 radical (unpaired) electrons. The number of carbonyl (C=O) groups is 1. The summed E-state index contributed by atoms with van der Waals surface area (Å²) in [5.74, 6) is 0.624. The minimum Gasteiger partial charge on any atom is -0.319 e. The average Bonchev–Trinajstić information content (AvgIpc) is 3.21. The number of hydrogen-bond acceptors (Lipinski definition) is 3. The molecule has 0 saturated heterocycles. The lowest BCUT2D eigenvalue weighted by Crippen LogP contribution is -2.16. The Morgan fingerprint density at radius 2 is 1.66 bits per heavy atom. The monoisotopic (exact) mass is 552 g/mol. The summed E-state index contributed by atoms with van der Waals surface area (Å²) in [5, 5.41) is 7.60. The summed E-state index contributed by atoms with van der Waals surface area (Å²) in [7, 11) is 0. The summed E-state index contributed by atoms with van der Waals surface area (Å²) in [6, 6.07) is 21.5. The molecule has 7 heteroatoms. The van der Waals surface area contributed by atoms with Crippen LogP contribution in [0.25, 0.3) is 17.1 Å². The highest BCUT2D eigenvalue weighted by molar-refractivity contribution is 9.10. The van der Waals surface area contributed by atoms with Gasteiger partial charge in [-0.05, 0) is 60.4 Å². The van der Waals surface area contributed by atoms with Crippen molar-refractivity contribution >= 4 is 43.5 Å². The molecule has 3 aromatic carbocycles. The Morgan fingerprint density at radius 3 is 2.34 bits per heavy atom. The fourth-order valence-corrected chi connectivity index (χ4v) is 4.11. The molecule has 0 saturated carbocycles. The number of hydrogen-bond donors (Lipinski definition) is 1. The maximum absolute atomic E-state index is 13.2. The van der Waals surface area contributed by atoms with Crippen LogP contribution in [-0.2, 0) is 0 Å². The fourth-order valence-electron chi connectivity index (χ4n) is 3.47. The summed E-state index contributed by atoms with van der Waals surface area (Å²) in [6.45, 7) is 6.20. The van der Waals surface area contributed by atoms with Crippen LogP contribution in [-0.4, -0.2) is 20.7 Å². The van der Waals surface area contributed by atoms with E-state index in [0.29, 0.717) is 5.82 Å². The van der Waals surface area contributed by atoms with Gasteiger partial charge in [0.05, 0.1) is 5.69 Å². The number of nitrogens with one attached hydrogen (secondary N) is 1. The fraction of sp³-hybridized carbons (Fsp3) is 0.160. The maximum Gasteiger partial charge on any atom is 0.295 e. The van der Waals surface area contributed by atoms with Crippen LogP contribution in [0.15, 0.2) is 75.7 Å². The van der Waals surface area contributed by atoms with Crippen LogP contribution in [0.4, 0.5) is 5.69 Å². The summed E-state index contributed by atoms with van der Waals surface area (Å²) < 4.78 is 3.68. The number of para-hydroxylation sites is 1. The molecule has 32 heavy (non-hydrogen) atoms. The van der Waals surface area contributed by atoms with Gasteiger partial charge in [-0.2, -0.15) is 0 Å². The second-order valence-corrected chi connectivity index (χ2v) is 9.64. The van der Waals surface area contributed by atoms with Crippen LogP contribution in [0.3, 0.4) is 0 Å². The summed E-state index contributed by atoms with van der Waals surface area (Å²) in [4.78, 5) is 17.8. The van der Waals surface area contributed by atoms with Crippen molar-refractivity contribution in [1.29, 1.82) is 0 Å². The van der Waals surface area contributed by atoms with Gasteiger partial charge in [-0.3, -0.25) is 4.79 Å². The molecule has 0 aliphatic rings. The van der Waals surface area contributed by atoms with Gasteiger partial charge in [0.2, 0.25) is 5.82 Å². The number of aryl methyl sites for hydroxylation is 1. The van der Waals surface area contributed by atoms with Gasteiger partial charge in [0.25, 0.3) is 5.91 Å². The molecule has 4 rings (SSSR count). The molecule has 0 fully saturated rings. The van der Waals surface area contributed by atoms with Crippen molar-refractivity contribution in [2.24, 2.45) is 0 Å². The predicted octanol–water partition coefficient (Wildman–Crippen LogP) is 7.14. The van der Waals surface area contributed by atoms with Gasteiger partial charge in [-0.15, -0.1) is 5.10 Å². The molecule has 1 heterocycles. The number of nitrogens with zero attached hydrogens (tertiary/aromatic N) is 3. The van der Waals surface area contributed by atoms with E-state index in [4.69, 9.17) is 0 Å². The highest BCUT2D eigenvalue weighted by atomic mass is 79.9. The first kappa shape index (κ1) is 22.4. The van der Waals surface area contributed by atoms with E-state index in [0.717, 1.165) is 37.0 Å². The van der Waals surface area contributed by atoms with Gasteiger partial charge in [0, 0.05) is 20.2 Å². The third-order valence-corrected chi connectivity index (χ3v) is 6.16. The first-order valence-electron chi connectivity index (χ1n) is 10.2. The van der Waals surface area contributed by atoms with Gasteiger partial charge in [-0.25, -0.2) is 9.67 Å². The lowest BCUT2D eigenvalue weighted by Gasteiger charge is -2.13. The average molecular weight is 554 g/mol. The molecule has 0 atom stereocenters. The zero-order chi connectivity index (χ0) is 22.8. The second-order valence-electron chi connectivity index (χ2n) is 7.80. The Labute approximate surface area is 204 Å². The normalized spacial score (nSPS) is 11.1. The lowest BCUT2D eigenvalue weighted by atomic mass is 10.0. The Bertz CT molecular complexity index is 1280. The molecule has 0 aliphatic carbocycles. The smallest absolute Gasteiger partial charge is 0.295 e. The Balaban J connectivity index is 1.77. The van der Waals surface area contributed by atoms with Crippen molar-refractivity contribution in [2.45, 2.75) is 26.7 Å². The van der Waals surface area contributed by atoms with Gasteiger partial charge >= 0.3 is 0 Å². The van der Waals surface area contributed by atoms with Gasteiger partial charge in [0.15, 0.2) is 5.82 Å². The topological polar surface area (TPSA) is 59.8 Å². The molecular weight excluding hydrogens is 532 g/mol. The molecular formula is C25H22Br2N4O. The van der Waals surface area contributed by atoms with Crippen molar-refractivity contribution in [2.75, 3.05) is 5.32 Å². The maximum atomic E-state index is 13.2. The van der Waals surface area contributed by atoms with Crippen molar-refractivity contribution < 1.29 is 4.79 Å². The van der Waals surface area contributed by atoms with Crippen LogP contribution in [0.1, 0.15) is 41.5 Å². The van der Waals surface area contributed by atoms with E-state index in [1.54, 1.807) is 4.68 Å². The number of benzene rings is 3. The SMILES string of the molecule is Cc1ccccc1-n1nc(C(=O)Nc2ccc(Br)cc2C(C)C)nc1-c1ccc(Br)cc1. The summed E-state index contributed by atoms with van der Waals surface area (Å²) in [5.41, 5.74) is 4.58. The van der Waals surface area contributed by atoms with Crippen molar-refractivity contribution in [3.63, 3.8) is 0 Å². The number of aromatic nitrogens is 3. The molecule has 1 N–H and O–H groups in total. The van der Waals surface area contributed by atoms with E-state index in [1.807, 2.05) is 73.7 Å². The zero-order valence-corrected chi connectivity index (χ0v) is 21.1. The van der Waals surface area contributed by atoms with Crippen molar-refractivity contribution in [1.82, 2.24) is 14.8 Å². The third kappa shape index (κ3) is 4.69.